The quantitative estimate of drug-likeness (QED) is 0.619. The van der Waals surface area contributed by atoms with Crippen LogP contribution in [0, 0.1) is 0 Å². The lowest BCUT2D eigenvalue weighted by atomic mass is 10.2. The number of aromatic carboxylic acids is 1. The molecule has 0 fully saturated rings. The van der Waals surface area contributed by atoms with E-state index in [9.17, 15) is 4.79 Å². The van der Waals surface area contributed by atoms with Crippen molar-refractivity contribution in [2.75, 3.05) is 0 Å². The van der Waals surface area contributed by atoms with E-state index >= 15 is 0 Å². The first-order valence-corrected chi connectivity index (χ1v) is 2.59. The highest BCUT2D eigenvalue weighted by Crippen LogP contribution is 1.96. The highest BCUT2D eigenvalue weighted by Gasteiger charge is 1.96. The van der Waals surface area contributed by atoms with E-state index in [0.29, 0.717) is 5.56 Å². The first-order valence-electron chi connectivity index (χ1n) is 2.59. The van der Waals surface area contributed by atoms with Gasteiger partial charge in [0.1, 0.15) is 0 Å². The third-order valence-electron chi connectivity index (χ3n) is 1.02. The first kappa shape index (κ1) is 8.65. The molecule has 0 aromatic heterocycles. The Morgan fingerprint density at radius 1 is 1.20 bits per heavy atom. The zero-order chi connectivity index (χ0) is 6.69. The lowest BCUT2D eigenvalue weighted by molar-refractivity contribution is 0.0697. The third-order valence-corrected chi connectivity index (χ3v) is 1.02. The van der Waals surface area contributed by atoms with Crippen molar-refractivity contribution in [1.82, 2.24) is 0 Å². The van der Waals surface area contributed by atoms with Crippen molar-refractivity contribution in [2.45, 2.75) is 0 Å². The van der Waals surface area contributed by atoms with Crippen LogP contribution in [0.2, 0.25) is 0 Å². The summed E-state index contributed by atoms with van der Waals surface area (Å²) in [5.41, 5.74) is 0.331. The molecule has 0 unspecified atom stereocenters. The fourth-order valence-electron chi connectivity index (χ4n) is 0.581. The Kier molecular flexibility index (Phi) is 3.14. The largest absolute Gasteiger partial charge is 0.478 e. The lowest BCUT2D eigenvalue weighted by Gasteiger charge is -1.88. The predicted molar refractivity (Wildman–Crippen MR) is 37.0 cm³/mol. The fourth-order valence-corrected chi connectivity index (χ4v) is 0.581. The maximum Gasteiger partial charge on any atom is 0.335 e. The van der Waals surface area contributed by atoms with Crippen LogP contribution in [0.4, 0.5) is 0 Å². The van der Waals surface area contributed by atoms with Gasteiger partial charge in [0.15, 0.2) is 0 Å². The molecular weight excluding hydrogens is 132 g/mol. The van der Waals surface area contributed by atoms with E-state index < -0.39 is 5.97 Å². The summed E-state index contributed by atoms with van der Waals surface area (Å²) in [5.74, 6) is -0.879. The average molecular weight is 140 g/mol. The minimum Gasteiger partial charge on any atom is -0.478 e. The van der Waals surface area contributed by atoms with Gasteiger partial charge in [-0.25, -0.2) is 4.79 Å². The molecule has 54 valence electrons. The molecule has 3 N–H and O–H groups in total. The van der Waals surface area contributed by atoms with Crippen LogP contribution in [-0.2, 0) is 0 Å². The number of benzene rings is 1. The van der Waals surface area contributed by atoms with Crippen LogP contribution in [0.5, 0.6) is 0 Å². The maximum atomic E-state index is 10.2. The van der Waals surface area contributed by atoms with Crippen molar-refractivity contribution >= 4 is 5.97 Å². The molecular formula is C7H8O3. The number of carboxylic acid groups (broad SMARTS) is 1. The molecule has 3 nitrogen and oxygen atoms in total. The van der Waals surface area contributed by atoms with E-state index in [-0.39, 0.29) is 5.48 Å². The summed E-state index contributed by atoms with van der Waals surface area (Å²) < 4.78 is 0. The molecule has 0 aliphatic rings. The monoisotopic (exact) mass is 140 g/mol. The van der Waals surface area contributed by atoms with Crippen molar-refractivity contribution in [1.29, 1.82) is 0 Å². The van der Waals surface area contributed by atoms with Gasteiger partial charge in [0.25, 0.3) is 0 Å². The number of hydrogen-bond donors (Lipinski definition) is 1. The Hall–Kier alpha value is -1.35. The Bertz CT molecular complexity index is 205. The summed E-state index contributed by atoms with van der Waals surface area (Å²) in [6, 6.07) is 8.30. The zero-order valence-electron chi connectivity index (χ0n) is 5.24. The van der Waals surface area contributed by atoms with Crippen molar-refractivity contribution in [2.24, 2.45) is 0 Å². The topological polar surface area (TPSA) is 68.8 Å². The summed E-state index contributed by atoms with van der Waals surface area (Å²) in [7, 11) is 0. The number of hydrogen-bond acceptors (Lipinski definition) is 1. The van der Waals surface area contributed by atoms with Crippen LogP contribution in [0.25, 0.3) is 0 Å². The molecule has 1 aromatic rings. The number of rotatable bonds is 1. The van der Waals surface area contributed by atoms with Crippen LogP contribution in [0.3, 0.4) is 0 Å². The van der Waals surface area contributed by atoms with Crippen LogP contribution < -0.4 is 0 Å². The second-order valence-corrected chi connectivity index (χ2v) is 1.67. The average Bonchev–Trinajstić information content (AvgIpc) is 1.90. The van der Waals surface area contributed by atoms with Gasteiger partial charge in [0, 0.05) is 0 Å². The molecule has 0 aliphatic carbocycles. The number of carboxylic acids is 1. The molecule has 0 saturated carbocycles. The highest BCUT2D eigenvalue weighted by atomic mass is 16.4. The summed E-state index contributed by atoms with van der Waals surface area (Å²) in [6.07, 6.45) is 0. The number of carbonyl (C=O) groups is 1. The van der Waals surface area contributed by atoms with Gasteiger partial charge in [-0.1, -0.05) is 18.2 Å². The molecule has 0 spiro atoms. The third kappa shape index (κ3) is 1.87. The van der Waals surface area contributed by atoms with Crippen molar-refractivity contribution in [3.05, 3.63) is 35.9 Å². The van der Waals surface area contributed by atoms with Gasteiger partial charge >= 0.3 is 5.97 Å². The fraction of sp³-hybridized carbons (Fsp3) is 0. The molecule has 0 saturated heterocycles. The SMILES string of the molecule is O.O=C(O)c1ccccc1. The molecule has 0 amide bonds. The van der Waals surface area contributed by atoms with Crippen LogP contribution >= 0.6 is 0 Å². The van der Waals surface area contributed by atoms with E-state index in [0.717, 1.165) is 0 Å². The molecule has 10 heavy (non-hydrogen) atoms. The summed E-state index contributed by atoms with van der Waals surface area (Å²) in [4.78, 5) is 10.2. The van der Waals surface area contributed by atoms with E-state index in [4.69, 9.17) is 5.11 Å². The van der Waals surface area contributed by atoms with Crippen molar-refractivity contribution in [3.8, 4) is 0 Å². The van der Waals surface area contributed by atoms with Crippen LogP contribution in [-0.4, -0.2) is 16.6 Å². The van der Waals surface area contributed by atoms with E-state index in [1.165, 1.54) is 0 Å². The lowest BCUT2D eigenvalue weighted by Crippen LogP contribution is -1.93. The van der Waals surface area contributed by atoms with E-state index in [2.05, 4.69) is 0 Å². The molecule has 0 bridgehead atoms. The molecule has 0 aliphatic heterocycles. The van der Waals surface area contributed by atoms with Crippen LogP contribution in [0.15, 0.2) is 30.3 Å². The molecule has 0 heterocycles. The molecule has 0 atom stereocenters. The molecule has 3 heteroatoms. The Labute approximate surface area is 58.2 Å². The van der Waals surface area contributed by atoms with Gasteiger partial charge < -0.3 is 10.6 Å². The van der Waals surface area contributed by atoms with Gasteiger partial charge in [0.2, 0.25) is 0 Å². The van der Waals surface area contributed by atoms with E-state index in [1.807, 2.05) is 0 Å². The standard InChI is InChI=1S/C7H6O2.H2O/c8-7(9)6-4-2-1-3-5-6;/h1-5H,(H,8,9);1H2. The highest BCUT2D eigenvalue weighted by molar-refractivity contribution is 5.87. The van der Waals surface area contributed by atoms with Crippen molar-refractivity contribution < 1.29 is 15.4 Å². The zero-order valence-corrected chi connectivity index (χ0v) is 5.24. The second kappa shape index (κ2) is 3.63. The van der Waals surface area contributed by atoms with Gasteiger partial charge in [-0.05, 0) is 12.1 Å². The molecule has 1 rings (SSSR count). The Morgan fingerprint density at radius 3 is 2.00 bits per heavy atom. The van der Waals surface area contributed by atoms with E-state index in [1.54, 1.807) is 30.3 Å². The smallest absolute Gasteiger partial charge is 0.335 e. The normalized spacial score (nSPS) is 8.00. The van der Waals surface area contributed by atoms with Gasteiger partial charge in [-0.3, -0.25) is 0 Å². The predicted octanol–water partition coefficient (Wildman–Crippen LogP) is 0.560. The van der Waals surface area contributed by atoms with Gasteiger partial charge in [-0.15, -0.1) is 0 Å². The summed E-state index contributed by atoms with van der Waals surface area (Å²) in [6.45, 7) is 0. The molecule has 0 radical (unpaired) electrons. The minimum atomic E-state index is -0.879. The Balaban J connectivity index is 0.000000810. The maximum absolute atomic E-state index is 10.2. The minimum absolute atomic E-state index is 0. The summed E-state index contributed by atoms with van der Waals surface area (Å²) in [5, 5.41) is 8.38. The first-order chi connectivity index (χ1) is 4.30. The van der Waals surface area contributed by atoms with Crippen LogP contribution in [0.1, 0.15) is 10.4 Å². The van der Waals surface area contributed by atoms with Gasteiger partial charge in [0.05, 0.1) is 5.56 Å². The summed E-state index contributed by atoms with van der Waals surface area (Å²) >= 11 is 0. The van der Waals surface area contributed by atoms with Crippen molar-refractivity contribution in [3.63, 3.8) is 0 Å². The van der Waals surface area contributed by atoms with Gasteiger partial charge in [-0.2, -0.15) is 0 Å². The Morgan fingerprint density at radius 2 is 1.70 bits per heavy atom. The molecule has 1 aromatic carbocycles. The second-order valence-electron chi connectivity index (χ2n) is 1.67.